The molecular weight excluding hydrogens is 346 g/mol. The van der Waals surface area contributed by atoms with Gasteiger partial charge in [-0.1, -0.05) is 0 Å². The number of hydrogen-bond acceptors (Lipinski definition) is 8. The molecule has 0 aliphatic rings. The first-order valence-electron chi connectivity index (χ1n) is 8.11. The van der Waals surface area contributed by atoms with Gasteiger partial charge in [0.15, 0.2) is 5.69 Å². The van der Waals surface area contributed by atoms with Crippen molar-refractivity contribution in [3.8, 4) is 5.75 Å². The first-order valence-corrected chi connectivity index (χ1v) is 8.11. The molecule has 0 aliphatic heterocycles. The zero-order chi connectivity index (χ0) is 19.9. The number of nitrogens with zero attached hydrogens (tertiary/aromatic N) is 1. The average Bonchev–Trinajstić information content (AvgIpc) is 2.54. The van der Waals surface area contributed by atoms with Crippen LogP contribution < -0.4 is 10.9 Å². The summed E-state index contributed by atoms with van der Waals surface area (Å²) in [6.45, 7) is 5.06. The average molecular weight is 371 g/mol. The van der Waals surface area contributed by atoms with E-state index in [1.807, 2.05) is 0 Å². The molecule has 1 aromatic rings. The van der Waals surface area contributed by atoms with E-state index in [0.29, 0.717) is 19.3 Å². The van der Waals surface area contributed by atoms with Crippen LogP contribution in [0.5, 0.6) is 5.75 Å². The normalized spacial score (nSPS) is 12.3. The first kappa shape index (κ1) is 21.4. The van der Waals surface area contributed by atoms with Gasteiger partial charge in [-0.25, -0.2) is 14.6 Å². The quantitative estimate of drug-likeness (QED) is 0.409. The Morgan fingerprint density at radius 3 is 2.50 bits per heavy atom. The Labute approximate surface area is 150 Å². The molecule has 1 amide bonds. The van der Waals surface area contributed by atoms with Gasteiger partial charge in [-0.2, -0.15) is 0 Å². The summed E-state index contributed by atoms with van der Waals surface area (Å²) in [5.41, 5.74) is -2.22. The van der Waals surface area contributed by atoms with Crippen LogP contribution in [0.15, 0.2) is 4.79 Å². The van der Waals surface area contributed by atoms with Gasteiger partial charge in [0.25, 0.3) is 5.56 Å². The standard InChI is InChI=1S/C16H25N3O7/c1-16(2,3)26-15(24)17-9(7-5-6-8-20)12-18-10(14(23)25-4)11(21)13(22)19-12/h9,20-21H,5-8H2,1-4H3,(H,17,24)(H,18,19,22). The fourth-order valence-electron chi connectivity index (χ4n) is 2.08. The van der Waals surface area contributed by atoms with Crippen molar-refractivity contribution in [3.63, 3.8) is 0 Å². The predicted octanol–water partition coefficient (Wildman–Crippen LogP) is 0.990. The van der Waals surface area contributed by atoms with Gasteiger partial charge >= 0.3 is 12.1 Å². The van der Waals surface area contributed by atoms with Gasteiger partial charge in [0, 0.05) is 6.61 Å². The summed E-state index contributed by atoms with van der Waals surface area (Å²) >= 11 is 0. The van der Waals surface area contributed by atoms with Crippen LogP contribution in [0.25, 0.3) is 0 Å². The number of amides is 1. The lowest BCUT2D eigenvalue weighted by Gasteiger charge is -2.23. The number of aromatic amines is 1. The highest BCUT2D eigenvalue weighted by Gasteiger charge is 2.25. The van der Waals surface area contributed by atoms with Crippen LogP contribution in [0.4, 0.5) is 4.79 Å². The number of carbonyl (C=O) groups is 2. The molecule has 10 heteroatoms. The van der Waals surface area contributed by atoms with Crippen molar-refractivity contribution in [1.82, 2.24) is 15.3 Å². The van der Waals surface area contributed by atoms with Gasteiger partial charge in [0.1, 0.15) is 11.4 Å². The second-order valence-electron chi connectivity index (χ2n) is 6.56. The number of aliphatic hydroxyl groups excluding tert-OH is 1. The minimum Gasteiger partial charge on any atom is -0.501 e. The number of aliphatic hydroxyl groups is 1. The molecule has 0 aliphatic carbocycles. The van der Waals surface area contributed by atoms with Crippen LogP contribution in [0.3, 0.4) is 0 Å². The number of H-pyrrole nitrogens is 1. The lowest BCUT2D eigenvalue weighted by atomic mass is 10.1. The van der Waals surface area contributed by atoms with E-state index in [4.69, 9.17) is 9.84 Å². The minimum absolute atomic E-state index is 0.0306. The van der Waals surface area contributed by atoms with E-state index in [-0.39, 0.29) is 12.4 Å². The summed E-state index contributed by atoms with van der Waals surface area (Å²) in [6, 6.07) is -0.798. The Morgan fingerprint density at radius 1 is 1.31 bits per heavy atom. The van der Waals surface area contributed by atoms with Gasteiger partial charge in [0.05, 0.1) is 13.2 Å². The third-order valence-electron chi connectivity index (χ3n) is 3.21. The molecule has 0 bridgehead atoms. The van der Waals surface area contributed by atoms with Crippen molar-refractivity contribution in [2.75, 3.05) is 13.7 Å². The number of alkyl carbamates (subject to hydrolysis) is 1. The first-order chi connectivity index (χ1) is 12.1. The van der Waals surface area contributed by atoms with E-state index in [9.17, 15) is 19.5 Å². The second-order valence-corrected chi connectivity index (χ2v) is 6.56. The SMILES string of the molecule is COC(=O)c1nc(C(CCCCO)NC(=O)OC(C)(C)C)[nH]c(=O)c1O. The topological polar surface area (TPSA) is 151 Å². The number of rotatable bonds is 7. The number of unbranched alkanes of at least 4 members (excludes halogenated alkanes) is 1. The summed E-state index contributed by atoms with van der Waals surface area (Å²) in [7, 11) is 1.09. The fraction of sp³-hybridized carbons (Fsp3) is 0.625. The Kier molecular flexibility index (Phi) is 7.56. The highest BCUT2D eigenvalue weighted by molar-refractivity contribution is 5.89. The monoisotopic (exact) mass is 371 g/mol. The summed E-state index contributed by atoms with van der Waals surface area (Å²) in [6.07, 6.45) is 0.559. The summed E-state index contributed by atoms with van der Waals surface area (Å²) < 4.78 is 9.68. The molecule has 4 N–H and O–H groups in total. The maximum atomic E-state index is 12.1. The van der Waals surface area contributed by atoms with Crippen LogP contribution in [0.1, 0.15) is 62.4 Å². The highest BCUT2D eigenvalue weighted by atomic mass is 16.6. The lowest BCUT2D eigenvalue weighted by molar-refractivity contribution is 0.0497. The summed E-state index contributed by atoms with van der Waals surface area (Å²) in [5, 5.41) is 21.2. The molecule has 0 spiro atoms. The van der Waals surface area contributed by atoms with Crippen LogP contribution in [0.2, 0.25) is 0 Å². The number of aromatic hydroxyl groups is 1. The molecule has 0 radical (unpaired) electrons. The minimum atomic E-state index is -0.985. The number of esters is 1. The van der Waals surface area contributed by atoms with Crippen molar-refractivity contribution in [3.05, 3.63) is 21.9 Å². The van der Waals surface area contributed by atoms with Gasteiger partial charge in [-0.05, 0) is 40.0 Å². The molecule has 1 rings (SSSR count). The summed E-state index contributed by atoms with van der Waals surface area (Å²) in [5.74, 6) is -1.88. The van der Waals surface area contributed by atoms with E-state index in [1.54, 1.807) is 20.8 Å². The molecular formula is C16H25N3O7. The zero-order valence-corrected chi connectivity index (χ0v) is 15.3. The van der Waals surface area contributed by atoms with Gasteiger partial charge in [-0.3, -0.25) is 4.79 Å². The Bertz CT molecular complexity index is 694. The zero-order valence-electron chi connectivity index (χ0n) is 15.3. The van der Waals surface area contributed by atoms with Crippen molar-refractivity contribution in [1.29, 1.82) is 0 Å². The molecule has 1 atom stereocenters. The molecule has 0 fully saturated rings. The number of hydrogen-bond donors (Lipinski definition) is 4. The Hall–Kier alpha value is -2.62. The fourth-order valence-corrected chi connectivity index (χ4v) is 2.08. The molecule has 10 nitrogen and oxygen atoms in total. The Balaban J connectivity index is 3.17. The van der Waals surface area contributed by atoms with Crippen LogP contribution in [0, 0.1) is 0 Å². The maximum absolute atomic E-state index is 12.1. The molecule has 0 aromatic carbocycles. The number of nitrogens with one attached hydrogen (secondary N) is 2. The number of carbonyl (C=O) groups excluding carboxylic acids is 2. The molecule has 146 valence electrons. The highest BCUT2D eigenvalue weighted by Crippen LogP contribution is 2.19. The largest absolute Gasteiger partial charge is 0.501 e. The van der Waals surface area contributed by atoms with E-state index < -0.39 is 40.7 Å². The molecule has 0 saturated heterocycles. The van der Waals surface area contributed by atoms with Crippen LogP contribution in [-0.2, 0) is 9.47 Å². The third kappa shape index (κ3) is 6.36. The van der Waals surface area contributed by atoms with E-state index in [0.717, 1.165) is 7.11 Å². The van der Waals surface area contributed by atoms with Gasteiger partial charge in [-0.15, -0.1) is 0 Å². The van der Waals surface area contributed by atoms with Crippen molar-refractivity contribution >= 4 is 12.1 Å². The molecule has 26 heavy (non-hydrogen) atoms. The maximum Gasteiger partial charge on any atom is 0.408 e. The lowest BCUT2D eigenvalue weighted by Crippen LogP contribution is -2.36. The summed E-state index contributed by atoms with van der Waals surface area (Å²) in [4.78, 5) is 41.9. The molecule has 1 heterocycles. The van der Waals surface area contributed by atoms with Gasteiger partial charge in [0.2, 0.25) is 5.75 Å². The van der Waals surface area contributed by atoms with Gasteiger partial charge < -0.3 is 30.0 Å². The van der Waals surface area contributed by atoms with Crippen molar-refractivity contribution < 1.29 is 29.3 Å². The van der Waals surface area contributed by atoms with E-state index >= 15 is 0 Å². The van der Waals surface area contributed by atoms with Crippen molar-refractivity contribution in [2.45, 2.75) is 51.7 Å². The third-order valence-corrected chi connectivity index (χ3v) is 3.21. The second kappa shape index (κ2) is 9.18. The molecule has 0 saturated carbocycles. The number of aromatic nitrogens is 2. The Morgan fingerprint density at radius 2 is 1.96 bits per heavy atom. The van der Waals surface area contributed by atoms with Crippen molar-refractivity contribution in [2.24, 2.45) is 0 Å². The van der Waals surface area contributed by atoms with E-state index in [2.05, 4.69) is 20.0 Å². The predicted molar refractivity (Wildman–Crippen MR) is 90.9 cm³/mol. The number of methoxy groups -OCH3 is 1. The van der Waals surface area contributed by atoms with Crippen LogP contribution >= 0.6 is 0 Å². The molecule has 1 aromatic heterocycles. The van der Waals surface area contributed by atoms with Crippen LogP contribution in [-0.4, -0.2) is 51.6 Å². The molecule has 1 unspecified atom stereocenters. The smallest absolute Gasteiger partial charge is 0.408 e. The van der Waals surface area contributed by atoms with E-state index in [1.165, 1.54) is 0 Å². The number of ether oxygens (including phenoxy) is 2.